The summed E-state index contributed by atoms with van der Waals surface area (Å²) in [6.45, 7) is 0.792. The molecule has 8 nitrogen and oxygen atoms in total. The van der Waals surface area contributed by atoms with Crippen molar-refractivity contribution in [1.29, 1.82) is 0 Å². The maximum Gasteiger partial charge on any atom is 0.433 e. The minimum atomic E-state index is -0.694. The molecule has 0 unspecified atom stereocenters. The van der Waals surface area contributed by atoms with Crippen LogP contribution in [0.2, 0.25) is 0 Å². The van der Waals surface area contributed by atoms with E-state index in [9.17, 15) is 19.7 Å². The van der Waals surface area contributed by atoms with E-state index < -0.39 is 16.7 Å². The van der Waals surface area contributed by atoms with Crippen LogP contribution in [-0.4, -0.2) is 41.9 Å². The van der Waals surface area contributed by atoms with Gasteiger partial charge in [-0.15, -0.1) is 0 Å². The van der Waals surface area contributed by atoms with E-state index in [2.05, 4.69) is 4.74 Å². The monoisotopic (exact) mass is 282 g/mol. The Morgan fingerprint density at radius 3 is 2.55 bits per heavy atom. The summed E-state index contributed by atoms with van der Waals surface area (Å²) in [5.74, 6) is -1.40. The lowest BCUT2D eigenvalue weighted by Gasteiger charge is -2.29. The van der Waals surface area contributed by atoms with Crippen molar-refractivity contribution < 1.29 is 23.7 Å². The third kappa shape index (κ3) is 2.79. The van der Waals surface area contributed by atoms with Gasteiger partial charge in [-0.2, -0.15) is 0 Å². The van der Waals surface area contributed by atoms with Gasteiger partial charge in [-0.05, 0) is 18.9 Å². The molecule has 0 bridgehead atoms. The third-order valence-corrected chi connectivity index (χ3v) is 3.30. The second-order valence-corrected chi connectivity index (χ2v) is 4.48. The van der Waals surface area contributed by atoms with Crippen molar-refractivity contribution in [2.45, 2.75) is 12.8 Å². The van der Waals surface area contributed by atoms with Crippen molar-refractivity contribution in [1.82, 2.24) is 4.90 Å². The molecule has 1 aromatic rings. The zero-order valence-electron chi connectivity index (χ0n) is 10.9. The number of methoxy groups -OCH3 is 1. The van der Waals surface area contributed by atoms with E-state index >= 15 is 0 Å². The number of carbonyl (C=O) groups excluding carboxylic acids is 2. The summed E-state index contributed by atoms with van der Waals surface area (Å²) in [4.78, 5) is 34.8. The number of ether oxygens (including phenoxy) is 1. The molecule has 1 aromatic heterocycles. The summed E-state index contributed by atoms with van der Waals surface area (Å²) in [6.07, 6.45) is 1.03. The molecule has 20 heavy (non-hydrogen) atoms. The van der Waals surface area contributed by atoms with Crippen LogP contribution in [0.5, 0.6) is 0 Å². The lowest BCUT2D eigenvalue weighted by atomic mass is 9.97. The van der Waals surface area contributed by atoms with E-state index in [1.807, 2.05) is 0 Å². The molecule has 0 spiro atoms. The number of esters is 1. The Morgan fingerprint density at radius 2 is 2.05 bits per heavy atom. The molecule has 2 rings (SSSR count). The second kappa shape index (κ2) is 5.72. The summed E-state index contributed by atoms with van der Waals surface area (Å²) >= 11 is 0. The zero-order chi connectivity index (χ0) is 14.7. The molecule has 1 fully saturated rings. The highest BCUT2D eigenvalue weighted by molar-refractivity contribution is 5.92. The number of furan rings is 1. The van der Waals surface area contributed by atoms with Gasteiger partial charge in [-0.1, -0.05) is 0 Å². The first-order valence-electron chi connectivity index (χ1n) is 6.14. The van der Waals surface area contributed by atoms with E-state index in [4.69, 9.17) is 4.42 Å². The molecule has 2 heterocycles. The van der Waals surface area contributed by atoms with Crippen molar-refractivity contribution in [2.24, 2.45) is 5.92 Å². The standard InChI is InChI=1S/C12H14N2O6/c1-19-12(16)8-4-6-13(7-5-8)11(15)9-2-3-10(20-9)14(17)18/h2-3,8H,4-7H2,1H3. The molecule has 1 aliphatic heterocycles. The number of rotatable bonds is 3. The van der Waals surface area contributed by atoms with Crippen LogP contribution in [0.15, 0.2) is 16.5 Å². The highest BCUT2D eigenvalue weighted by atomic mass is 16.6. The Morgan fingerprint density at radius 1 is 1.40 bits per heavy atom. The average Bonchev–Trinajstić information content (AvgIpc) is 2.96. The highest BCUT2D eigenvalue weighted by Gasteiger charge is 2.30. The summed E-state index contributed by atoms with van der Waals surface area (Å²) in [6, 6.07) is 2.43. The SMILES string of the molecule is COC(=O)C1CCN(C(=O)c2ccc([N+](=O)[O-])o2)CC1. The second-order valence-electron chi connectivity index (χ2n) is 4.48. The Balaban J connectivity index is 1.97. The quantitative estimate of drug-likeness (QED) is 0.469. The van der Waals surface area contributed by atoms with Gasteiger partial charge in [-0.3, -0.25) is 19.7 Å². The summed E-state index contributed by atoms with van der Waals surface area (Å²) in [5.41, 5.74) is 0. The Labute approximate surface area is 114 Å². The molecule has 8 heteroatoms. The van der Waals surface area contributed by atoms with Gasteiger partial charge in [0.15, 0.2) is 5.76 Å². The van der Waals surface area contributed by atoms with Crippen LogP contribution in [0.4, 0.5) is 5.88 Å². The topological polar surface area (TPSA) is 103 Å². The molecule has 108 valence electrons. The molecule has 0 atom stereocenters. The first kappa shape index (κ1) is 14.0. The molecule has 0 aromatic carbocycles. The number of carbonyl (C=O) groups is 2. The maximum atomic E-state index is 12.1. The molecule has 1 amide bonds. The van der Waals surface area contributed by atoms with Crippen molar-refractivity contribution in [3.8, 4) is 0 Å². The zero-order valence-corrected chi connectivity index (χ0v) is 10.9. The number of hydrogen-bond acceptors (Lipinski definition) is 6. The summed E-state index contributed by atoms with van der Waals surface area (Å²) in [5, 5.41) is 10.5. The lowest BCUT2D eigenvalue weighted by Crippen LogP contribution is -2.40. The first-order chi connectivity index (χ1) is 9.52. The predicted octanol–water partition coefficient (Wildman–Crippen LogP) is 1.21. The Kier molecular flexibility index (Phi) is 4.02. The van der Waals surface area contributed by atoms with Crippen LogP contribution in [0.1, 0.15) is 23.4 Å². The van der Waals surface area contributed by atoms with Crippen LogP contribution in [0.25, 0.3) is 0 Å². The third-order valence-electron chi connectivity index (χ3n) is 3.30. The first-order valence-corrected chi connectivity index (χ1v) is 6.14. The largest absolute Gasteiger partial charge is 0.469 e. The molecular weight excluding hydrogens is 268 g/mol. The molecule has 0 radical (unpaired) electrons. The van der Waals surface area contributed by atoms with Crippen LogP contribution in [0, 0.1) is 16.0 Å². The number of hydrogen-bond donors (Lipinski definition) is 0. The smallest absolute Gasteiger partial charge is 0.433 e. The Hall–Kier alpha value is -2.38. The number of nitrogens with zero attached hydrogens (tertiary/aromatic N) is 2. The van der Waals surface area contributed by atoms with Gasteiger partial charge in [0.25, 0.3) is 5.91 Å². The minimum absolute atomic E-state index is 0.0618. The van der Waals surface area contributed by atoms with Crippen molar-refractivity contribution in [3.63, 3.8) is 0 Å². The fraction of sp³-hybridized carbons (Fsp3) is 0.500. The Bertz CT molecular complexity index is 530. The lowest BCUT2D eigenvalue weighted by molar-refractivity contribution is -0.402. The molecule has 0 N–H and O–H groups in total. The van der Waals surface area contributed by atoms with E-state index in [-0.39, 0.29) is 17.6 Å². The number of amides is 1. The van der Waals surface area contributed by atoms with E-state index in [0.29, 0.717) is 25.9 Å². The molecular formula is C12H14N2O6. The minimum Gasteiger partial charge on any atom is -0.469 e. The number of piperidine rings is 1. The van der Waals surface area contributed by atoms with Crippen LogP contribution in [-0.2, 0) is 9.53 Å². The predicted molar refractivity (Wildman–Crippen MR) is 66.0 cm³/mol. The van der Waals surface area contributed by atoms with Crippen LogP contribution < -0.4 is 0 Å². The van der Waals surface area contributed by atoms with Crippen LogP contribution in [0.3, 0.4) is 0 Å². The van der Waals surface area contributed by atoms with E-state index in [0.717, 1.165) is 6.07 Å². The van der Waals surface area contributed by atoms with Gasteiger partial charge in [0.2, 0.25) is 0 Å². The summed E-state index contributed by atoms with van der Waals surface area (Å²) < 4.78 is 9.54. The van der Waals surface area contributed by atoms with Gasteiger partial charge in [0, 0.05) is 13.1 Å². The molecule has 1 aliphatic rings. The van der Waals surface area contributed by atoms with Gasteiger partial charge in [0.1, 0.15) is 4.92 Å². The van der Waals surface area contributed by atoms with Crippen molar-refractivity contribution in [2.75, 3.05) is 20.2 Å². The number of nitro groups is 1. The van der Waals surface area contributed by atoms with E-state index in [1.165, 1.54) is 18.1 Å². The molecule has 0 saturated carbocycles. The molecule has 1 saturated heterocycles. The summed E-state index contributed by atoms with van der Waals surface area (Å²) in [7, 11) is 1.34. The normalized spacial score (nSPS) is 15.9. The molecule has 0 aliphatic carbocycles. The highest BCUT2D eigenvalue weighted by Crippen LogP contribution is 2.22. The van der Waals surface area contributed by atoms with Crippen molar-refractivity contribution in [3.05, 3.63) is 28.0 Å². The van der Waals surface area contributed by atoms with Crippen molar-refractivity contribution >= 4 is 17.8 Å². The average molecular weight is 282 g/mol. The van der Waals surface area contributed by atoms with Gasteiger partial charge >= 0.3 is 11.9 Å². The van der Waals surface area contributed by atoms with E-state index in [1.54, 1.807) is 0 Å². The maximum absolute atomic E-state index is 12.1. The number of likely N-dealkylation sites (tertiary alicyclic amines) is 1. The van der Waals surface area contributed by atoms with Gasteiger partial charge in [-0.25, -0.2) is 0 Å². The van der Waals surface area contributed by atoms with Gasteiger partial charge in [0.05, 0.1) is 19.1 Å². The van der Waals surface area contributed by atoms with Gasteiger partial charge < -0.3 is 14.1 Å². The fourth-order valence-corrected chi connectivity index (χ4v) is 2.18. The van der Waals surface area contributed by atoms with Crippen LogP contribution >= 0.6 is 0 Å². The fourth-order valence-electron chi connectivity index (χ4n) is 2.18.